The molecule has 2 aromatic carbocycles. The highest BCUT2D eigenvalue weighted by molar-refractivity contribution is 5.90. The van der Waals surface area contributed by atoms with Crippen LogP contribution in [0.5, 0.6) is 0 Å². The molecule has 0 atom stereocenters. The van der Waals surface area contributed by atoms with E-state index in [4.69, 9.17) is 0 Å². The fourth-order valence-electron chi connectivity index (χ4n) is 2.38. The smallest absolute Gasteiger partial charge is 0.269 e. The summed E-state index contributed by atoms with van der Waals surface area (Å²) in [5.74, 6) is -1.01. The maximum Gasteiger partial charge on any atom is 0.269 e. The van der Waals surface area contributed by atoms with Crippen molar-refractivity contribution in [1.29, 1.82) is 0 Å². The maximum absolute atomic E-state index is 13.8. The molecule has 0 aliphatic heterocycles. The zero-order valence-corrected chi connectivity index (χ0v) is 13.8. The fraction of sp³-hybridized carbons (Fsp3) is 0.0556. The van der Waals surface area contributed by atoms with Crippen LogP contribution < -0.4 is 10.9 Å². The van der Waals surface area contributed by atoms with Crippen LogP contribution in [0.15, 0.2) is 65.7 Å². The summed E-state index contributed by atoms with van der Waals surface area (Å²) >= 11 is 0. The van der Waals surface area contributed by atoms with Gasteiger partial charge in [0.25, 0.3) is 11.2 Å². The van der Waals surface area contributed by atoms with Gasteiger partial charge in [-0.1, -0.05) is 12.1 Å². The molecule has 1 aromatic heterocycles. The molecular weight excluding hydrogens is 355 g/mol. The van der Waals surface area contributed by atoms with E-state index in [0.717, 1.165) is 10.6 Å². The largest absolute Gasteiger partial charge is 0.325 e. The highest BCUT2D eigenvalue weighted by Gasteiger charge is 2.11. The summed E-state index contributed by atoms with van der Waals surface area (Å²) in [7, 11) is 0. The van der Waals surface area contributed by atoms with Crippen molar-refractivity contribution in [3.8, 4) is 11.3 Å². The number of carbonyl (C=O) groups excluding carboxylic acids is 1. The van der Waals surface area contributed by atoms with Crippen molar-refractivity contribution < 1.29 is 14.1 Å². The van der Waals surface area contributed by atoms with Crippen molar-refractivity contribution in [3.05, 3.63) is 87.2 Å². The van der Waals surface area contributed by atoms with E-state index in [1.165, 1.54) is 48.8 Å². The van der Waals surface area contributed by atoms with Crippen molar-refractivity contribution in [3.63, 3.8) is 0 Å². The minimum Gasteiger partial charge on any atom is -0.325 e. The van der Waals surface area contributed by atoms with E-state index in [0.29, 0.717) is 5.69 Å². The monoisotopic (exact) mass is 368 g/mol. The first-order valence-corrected chi connectivity index (χ1v) is 7.80. The molecule has 0 aliphatic rings. The minimum absolute atomic E-state index is 0.0999. The topological polar surface area (TPSA) is 107 Å². The van der Waals surface area contributed by atoms with Crippen LogP contribution in [-0.2, 0) is 11.3 Å². The molecule has 0 aliphatic carbocycles. The Morgan fingerprint density at radius 1 is 1.19 bits per heavy atom. The number of rotatable bonds is 5. The third-order valence-corrected chi connectivity index (χ3v) is 3.71. The van der Waals surface area contributed by atoms with E-state index < -0.39 is 22.2 Å². The molecule has 1 amide bonds. The van der Waals surface area contributed by atoms with Crippen molar-refractivity contribution in [2.45, 2.75) is 6.54 Å². The van der Waals surface area contributed by atoms with Crippen LogP contribution >= 0.6 is 0 Å². The minimum atomic E-state index is -0.548. The van der Waals surface area contributed by atoms with Crippen molar-refractivity contribution >= 4 is 17.3 Å². The summed E-state index contributed by atoms with van der Waals surface area (Å²) in [5.41, 5.74) is 0.107. The molecule has 0 unspecified atom stereocenters. The maximum atomic E-state index is 13.8. The Labute approximate surface area is 152 Å². The Balaban J connectivity index is 1.72. The van der Waals surface area contributed by atoms with E-state index in [1.54, 1.807) is 6.07 Å². The first-order chi connectivity index (χ1) is 12.9. The number of nitro groups is 1. The van der Waals surface area contributed by atoms with Crippen molar-refractivity contribution in [2.75, 3.05) is 5.32 Å². The second-order valence-corrected chi connectivity index (χ2v) is 5.57. The Bertz CT molecular complexity index is 1060. The Hall–Kier alpha value is -3.88. The molecule has 136 valence electrons. The molecule has 0 saturated carbocycles. The summed E-state index contributed by atoms with van der Waals surface area (Å²) in [5, 5.41) is 13.1. The van der Waals surface area contributed by atoms with Crippen molar-refractivity contribution in [1.82, 2.24) is 9.55 Å². The van der Waals surface area contributed by atoms with Gasteiger partial charge in [0.1, 0.15) is 12.4 Å². The van der Waals surface area contributed by atoms with Gasteiger partial charge in [0.05, 0.1) is 16.9 Å². The molecule has 0 bridgehead atoms. The number of benzene rings is 2. The standard InChI is InChI=1S/C18H13FN4O4/c19-15-4-2-1-3-14(15)16-9-18(25)22(11-20-16)10-17(24)21-12-5-7-13(8-6-12)23(26)27/h1-9,11H,10H2,(H,21,24). The number of anilines is 1. The van der Waals surface area contributed by atoms with Gasteiger partial charge in [-0.3, -0.25) is 24.3 Å². The average Bonchev–Trinajstić information content (AvgIpc) is 2.64. The van der Waals surface area contributed by atoms with Gasteiger partial charge in [0.15, 0.2) is 0 Å². The molecule has 1 heterocycles. The van der Waals surface area contributed by atoms with Crippen LogP contribution in [0.2, 0.25) is 0 Å². The quantitative estimate of drug-likeness (QED) is 0.550. The van der Waals surface area contributed by atoms with Crippen LogP contribution in [0.3, 0.4) is 0 Å². The van der Waals surface area contributed by atoms with Gasteiger partial charge in [0.2, 0.25) is 5.91 Å². The molecule has 8 nitrogen and oxygen atoms in total. The van der Waals surface area contributed by atoms with Gasteiger partial charge >= 0.3 is 0 Å². The molecule has 0 fully saturated rings. The van der Waals surface area contributed by atoms with Gasteiger partial charge < -0.3 is 5.32 Å². The van der Waals surface area contributed by atoms with Crippen LogP contribution in [0.25, 0.3) is 11.3 Å². The highest BCUT2D eigenvalue weighted by Crippen LogP contribution is 2.18. The molecular formula is C18H13FN4O4. The number of hydrogen-bond acceptors (Lipinski definition) is 5. The van der Waals surface area contributed by atoms with Gasteiger partial charge in [-0.2, -0.15) is 0 Å². The second-order valence-electron chi connectivity index (χ2n) is 5.57. The van der Waals surface area contributed by atoms with Crippen LogP contribution in [0.1, 0.15) is 0 Å². The SMILES string of the molecule is O=C(Cn1cnc(-c2ccccc2F)cc1=O)Nc1ccc([N+](=O)[O-])cc1. The molecule has 3 aromatic rings. The molecule has 0 spiro atoms. The lowest BCUT2D eigenvalue weighted by Gasteiger charge is -2.08. The van der Waals surface area contributed by atoms with Gasteiger partial charge in [0, 0.05) is 29.4 Å². The Kier molecular flexibility index (Phi) is 5.02. The normalized spacial score (nSPS) is 10.4. The number of nitro benzene ring substituents is 1. The zero-order chi connectivity index (χ0) is 19.4. The number of aromatic nitrogens is 2. The predicted molar refractivity (Wildman–Crippen MR) is 95.6 cm³/mol. The number of halogens is 1. The number of nitrogens with zero attached hydrogens (tertiary/aromatic N) is 3. The lowest BCUT2D eigenvalue weighted by molar-refractivity contribution is -0.384. The Morgan fingerprint density at radius 3 is 2.52 bits per heavy atom. The van der Waals surface area contributed by atoms with E-state index in [9.17, 15) is 24.1 Å². The van der Waals surface area contributed by atoms with E-state index in [-0.39, 0.29) is 23.5 Å². The first kappa shape index (κ1) is 17.9. The number of nitrogens with one attached hydrogen (secondary N) is 1. The third-order valence-electron chi connectivity index (χ3n) is 3.71. The van der Waals surface area contributed by atoms with Gasteiger partial charge in [-0.25, -0.2) is 9.37 Å². The van der Waals surface area contributed by atoms with Crippen molar-refractivity contribution in [2.24, 2.45) is 0 Å². The molecule has 0 radical (unpaired) electrons. The first-order valence-electron chi connectivity index (χ1n) is 7.80. The van der Waals surface area contributed by atoms with E-state index in [2.05, 4.69) is 10.3 Å². The third kappa shape index (κ3) is 4.21. The second kappa shape index (κ2) is 7.56. The van der Waals surface area contributed by atoms with Crippen LogP contribution in [-0.4, -0.2) is 20.4 Å². The number of amides is 1. The van der Waals surface area contributed by atoms with Gasteiger partial charge in [-0.05, 0) is 24.3 Å². The molecule has 9 heteroatoms. The van der Waals surface area contributed by atoms with E-state index >= 15 is 0 Å². The summed E-state index contributed by atoms with van der Waals surface area (Å²) < 4.78 is 14.9. The van der Waals surface area contributed by atoms with Gasteiger partial charge in [-0.15, -0.1) is 0 Å². The summed E-state index contributed by atoms with van der Waals surface area (Å²) in [6, 6.07) is 12.4. The van der Waals surface area contributed by atoms with Crippen LogP contribution in [0, 0.1) is 15.9 Å². The molecule has 1 N–H and O–H groups in total. The molecule has 3 rings (SSSR count). The highest BCUT2D eigenvalue weighted by atomic mass is 19.1. The predicted octanol–water partition coefficient (Wildman–Crippen LogP) is 2.60. The fourth-order valence-corrected chi connectivity index (χ4v) is 2.38. The zero-order valence-electron chi connectivity index (χ0n) is 13.8. The lowest BCUT2D eigenvalue weighted by Crippen LogP contribution is -2.27. The molecule has 27 heavy (non-hydrogen) atoms. The average molecular weight is 368 g/mol. The number of hydrogen-bond donors (Lipinski definition) is 1. The lowest BCUT2D eigenvalue weighted by atomic mass is 10.1. The number of carbonyl (C=O) groups is 1. The van der Waals surface area contributed by atoms with Crippen LogP contribution in [0.4, 0.5) is 15.8 Å². The Morgan fingerprint density at radius 2 is 1.89 bits per heavy atom. The molecule has 0 saturated heterocycles. The number of non-ortho nitro benzene ring substituents is 1. The summed E-state index contributed by atoms with van der Waals surface area (Å²) in [6.07, 6.45) is 1.17. The van der Waals surface area contributed by atoms with E-state index in [1.807, 2.05) is 0 Å². The summed E-state index contributed by atoms with van der Waals surface area (Å²) in [6.45, 7) is -0.305. The summed E-state index contributed by atoms with van der Waals surface area (Å²) in [4.78, 5) is 38.3.